The van der Waals surface area contributed by atoms with E-state index < -0.39 is 70.2 Å². The lowest BCUT2D eigenvalue weighted by Gasteiger charge is -2.59. The molecule has 7 nitrogen and oxygen atoms in total. The van der Waals surface area contributed by atoms with E-state index in [1.54, 1.807) is 45.0 Å². The van der Waals surface area contributed by atoms with Gasteiger partial charge in [0.1, 0.15) is 24.4 Å². The van der Waals surface area contributed by atoms with Crippen LogP contribution in [0.1, 0.15) is 110 Å². The van der Waals surface area contributed by atoms with Crippen molar-refractivity contribution in [1.29, 1.82) is 0 Å². The number of carbonyl (C=O) groups is 1. The first-order valence-electron chi connectivity index (χ1n) is 18.2. The molecule has 0 aromatic heterocycles. The van der Waals surface area contributed by atoms with Crippen molar-refractivity contribution >= 4 is 5.97 Å². The highest BCUT2D eigenvalue weighted by Crippen LogP contribution is 2.71. The molecule has 4 fully saturated rings. The molecule has 1 saturated heterocycles. The number of hydrogen-bond donors (Lipinski definition) is 2. The van der Waals surface area contributed by atoms with Crippen LogP contribution in [-0.4, -0.2) is 77.3 Å². The van der Waals surface area contributed by atoms with Crippen LogP contribution in [0.2, 0.25) is 0 Å². The zero-order valence-corrected chi connectivity index (χ0v) is 30.9. The summed E-state index contributed by atoms with van der Waals surface area (Å²) in [7, 11) is 0. The van der Waals surface area contributed by atoms with Crippen molar-refractivity contribution in [2.45, 2.75) is 134 Å². The van der Waals surface area contributed by atoms with Gasteiger partial charge in [-0.3, -0.25) is 0 Å². The third-order valence-electron chi connectivity index (χ3n) is 12.3. The maximum absolute atomic E-state index is 15.4. The third kappa shape index (κ3) is 6.82. The van der Waals surface area contributed by atoms with Gasteiger partial charge in [-0.25, -0.2) is 4.79 Å². The summed E-state index contributed by atoms with van der Waals surface area (Å²) in [5, 5.41) is 24.0. The minimum atomic E-state index is -5.93. The van der Waals surface area contributed by atoms with Crippen LogP contribution in [0.4, 0.5) is 22.0 Å². The van der Waals surface area contributed by atoms with Crippen molar-refractivity contribution in [1.82, 2.24) is 0 Å². The summed E-state index contributed by atoms with van der Waals surface area (Å²) in [6.07, 6.45) is -4.98. The van der Waals surface area contributed by atoms with E-state index in [2.05, 4.69) is 11.8 Å². The van der Waals surface area contributed by atoms with E-state index in [-0.39, 0.29) is 44.3 Å². The van der Waals surface area contributed by atoms with Crippen molar-refractivity contribution in [3.8, 4) is 11.8 Å². The number of aliphatic hydroxyl groups is 2. The van der Waals surface area contributed by atoms with E-state index in [1.165, 1.54) is 6.92 Å². The molecule has 3 saturated carbocycles. The van der Waals surface area contributed by atoms with Gasteiger partial charge in [0.15, 0.2) is 5.79 Å². The standard InChI is InChI=1S/C40H51F5O7/c1-33(2,3)52-31(46)21-49-19-7-8-25-9-11-26(12-10-25)28-20-35(6)29(15-18-38(35,48)39(41,42)40(43,44)45)27-13-16-36(47)22-37(17-14-30(36)32(27)28)50-23-34(4,5)24-51-37/h9-12,27-29,47-48H,13-24H2,1-6H3/t27-,28+,29-,35-,36+,38-/m0/s1. The van der Waals surface area contributed by atoms with Crippen molar-refractivity contribution in [3.05, 3.63) is 46.5 Å². The number of allylic oxidation sites excluding steroid dienone is 1. The molecule has 0 radical (unpaired) electrons. The van der Waals surface area contributed by atoms with Gasteiger partial charge < -0.3 is 29.2 Å². The summed E-state index contributed by atoms with van der Waals surface area (Å²) in [4.78, 5) is 11.9. The monoisotopic (exact) mass is 738 g/mol. The van der Waals surface area contributed by atoms with E-state index in [1.807, 2.05) is 13.8 Å². The smallest absolute Gasteiger partial charge is 0.456 e. The molecule has 2 N–H and O–H groups in total. The highest BCUT2D eigenvalue weighted by Gasteiger charge is 2.79. The summed E-state index contributed by atoms with van der Waals surface area (Å²) < 4.78 is 95.9. The number of benzene rings is 1. The minimum absolute atomic E-state index is 0.0149. The maximum atomic E-state index is 15.4. The first-order valence-corrected chi connectivity index (χ1v) is 18.2. The van der Waals surface area contributed by atoms with E-state index in [4.69, 9.17) is 18.9 Å². The molecule has 1 heterocycles. The van der Waals surface area contributed by atoms with E-state index in [0.29, 0.717) is 43.6 Å². The lowest BCUT2D eigenvalue weighted by molar-refractivity contribution is -0.362. The lowest BCUT2D eigenvalue weighted by Crippen LogP contribution is -2.65. The van der Waals surface area contributed by atoms with Gasteiger partial charge in [0.25, 0.3) is 0 Å². The summed E-state index contributed by atoms with van der Waals surface area (Å²) in [6, 6.07) is 7.06. The van der Waals surface area contributed by atoms with Crippen LogP contribution in [0.25, 0.3) is 0 Å². The number of rotatable bonds is 5. The Morgan fingerprint density at radius 2 is 1.62 bits per heavy atom. The van der Waals surface area contributed by atoms with Crippen LogP contribution < -0.4 is 0 Å². The zero-order valence-electron chi connectivity index (χ0n) is 30.9. The molecule has 1 aliphatic heterocycles. The van der Waals surface area contributed by atoms with Crippen LogP contribution in [0.3, 0.4) is 0 Å². The largest absolute Gasteiger partial charge is 0.458 e. The Morgan fingerprint density at radius 1 is 0.962 bits per heavy atom. The Balaban J connectivity index is 1.32. The van der Waals surface area contributed by atoms with Gasteiger partial charge in [-0.1, -0.05) is 50.3 Å². The first kappa shape index (κ1) is 39.1. The normalized spacial score (nSPS) is 34.1. The molecule has 288 valence electrons. The average Bonchev–Trinajstić information content (AvgIpc) is 3.32. The van der Waals surface area contributed by atoms with Gasteiger partial charge in [-0.15, -0.1) is 0 Å². The van der Waals surface area contributed by atoms with Gasteiger partial charge >= 0.3 is 18.1 Å². The lowest BCUT2D eigenvalue weighted by atomic mass is 9.49. The fourth-order valence-electron chi connectivity index (χ4n) is 9.80. The van der Waals surface area contributed by atoms with Gasteiger partial charge in [0, 0.05) is 35.2 Å². The molecule has 1 aromatic carbocycles. The van der Waals surface area contributed by atoms with Crippen LogP contribution in [-0.2, 0) is 23.7 Å². The predicted octanol–water partition coefficient (Wildman–Crippen LogP) is 7.62. The van der Waals surface area contributed by atoms with Crippen molar-refractivity contribution in [3.63, 3.8) is 0 Å². The predicted molar refractivity (Wildman–Crippen MR) is 181 cm³/mol. The highest BCUT2D eigenvalue weighted by molar-refractivity contribution is 5.71. The maximum Gasteiger partial charge on any atom is 0.456 e. The quantitative estimate of drug-likeness (QED) is 0.106. The van der Waals surface area contributed by atoms with Crippen LogP contribution in [0.5, 0.6) is 0 Å². The molecule has 52 heavy (non-hydrogen) atoms. The molecule has 1 spiro atoms. The van der Waals surface area contributed by atoms with Crippen molar-refractivity contribution in [2.75, 3.05) is 26.4 Å². The fraction of sp³-hybridized carbons (Fsp3) is 0.725. The van der Waals surface area contributed by atoms with Gasteiger partial charge in [-0.05, 0) is 94.4 Å². The van der Waals surface area contributed by atoms with Crippen LogP contribution >= 0.6 is 0 Å². The Kier molecular flexibility index (Phi) is 9.81. The second-order valence-electron chi connectivity index (χ2n) is 17.7. The Bertz CT molecular complexity index is 1620. The number of halogens is 5. The molecule has 4 aliphatic carbocycles. The molecule has 0 bridgehead atoms. The Hall–Kier alpha value is -2.56. The number of esters is 1. The van der Waals surface area contributed by atoms with Crippen molar-refractivity contribution < 1.29 is 55.9 Å². The van der Waals surface area contributed by atoms with Crippen molar-refractivity contribution in [2.24, 2.45) is 22.7 Å². The second-order valence-corrected chi connectivity index (χ2v) is 17.7. The topological polar surface area (TPSA) is 94.5 Å². The Labute approximate surface area is 302 Å². The second kappa shape index (κ2) is 13.0. The molecule has 0 amide bonds. The molecule has 5 aliphatic rings. The molecular weight excluding hydrogens is 687 g/mol. The SMILES string of the molecule is CC1(C)COC2(CCC3=C4[C@@H](CC[C@@]3(O)C2)[C@@H]2CC[C@@](O)(C(F)(F)C(F)(F)F)[C@@]2(C)C[C@@H]4c2ccc(C#CCOCC(=O)OC(C)(C)C)cc2)OC1. The molecule has 0 unspecified atom stereocenters. The molecule has 6 atom stereocenters. The molecule has 1 aromatic rings. The number of carbonyl (C=O) groups excluding carboxylic acids is 1. The Morgan fingerprint density at radius 3 is 2.23 bits per heavy atom. The number of alkyl halides is 5. The molecule has 12 heteroatoms. The number of hydrogen-bond acceptors (Lipinski definition) is 7. The summed E-state index contributed by atoms with van der Waals surface area (Å²) in [6.45, 7) is 11.4. The van der Waals surface area contributed by atoms with E-state index >= 15 is 8.78 Å². The summed E-state index contributed by atoms with van der Waals surface area (Å²) >= 11 is 0. The number of fused-ring (bicyclic) bond motifs is 4. The zero-order chi connectivity index (χ0) is 38.2. The van der Waals surface area contributed by atoms with E-state index in [0.717, 1.165) is 11.1 Å². The summed E-state index contributed by atoms with van der Waals surface area (Å²) in [5.74, 6) is -2.66. The van der Waals surface area contributed by atoms with Crippen LogP contribution in [0.15, 0.2) is 35.4 Å². The molecule has 6 rings (SSSR count). The fourth-order valence-corrected chi connectivity index (χ4v) is 9.80. The van der Waals surface area contributed by atoms with Gasteiger partial charge in [0.2, 0.25) is 0 Å². The number of ether oxygens (including phenoxy) is 4. The summed E-state index contributed by atoms with van der Waals surface area (Å²) in [5.41, 5.74) is -4.22. The minimum Gasteiger partial charge on any atom is -0.458 e. The third-order valence-corrected chi connectivity index (χ3v) is 12.3. The average molecular weight is 739 g/mol. The van der Waals surface area contributed by atoms with Gasteiger partial charge in [-0.2, -0.15) is 22.0 Å². The van der Waals surface area contributed by atoms with Gasteiger partial charge in [0.05, 0.1) is 18.8 Å². The van der Waals surface area contributed by atoms with E-state index in [9.17, 15) is 28.2 Å². The first-order chi connectivity index (χ1) is 24.0. The molecular formula is C40H51F5O7. The van der Waals surface area contributed by atoms with Crippen LogP contribution in [0, 0.1) is 34.5 Å². The highest BCUT2D eigenvalue weighted by atomic mass is 19.4.